The summed E-state index contributed by atoms with van der Waals surface area (Å²) >= 11 is 2.18. The molecule has 1 rings (SSSR count). The molecular weight excluding hydrogens is 281 g/mol. The Balaban J connectivity index is 2.98. The molecule has 0 bridgehead atoms. The minimum Gasteiger partial charge on any atom is -0.478 e. The number of anilines is 1. The van der Waals surface area contributed by atoms with Gasteiger partial charge in [0.05, 0.1) is 9.61 Å². The van der Waals surface area contributed by atoms with Crippen LogP contribution in [0.4, 0.5) is 5.69 Å². The van der Waals surface area contributed by atoms with Gasteiger partial charge in [-0.3, -0.25) is 0 Å². The van der Waals surface area contributed by atoms with Gasteiger partial charge >= 0.3 is 5.97 Å². The molecule has 0 saturated carbocycles. The average Bonchev–Trinajstić information content (AvgIpc) is 2.03. The highest BCUT2D eigenvalue weighted by Gasteiger charge is 2.08. The van der Waals surface area contributed by atoms with Crippen LogP contribution in [-0.2, 0) is 0 Å². The second kappa shape index (κ2) is 4.45. The van der Waals surface area contributed by atoms with E-state index in [1.165, 1.54) is 0 Å². The van der Waals surface area contributed by atoms with E-state index in [1.54, 1.807) is 18.2 Å². The van der Waals surface area contributed by atoms with E-state index in [1.807, 2.05) is 13.0 Å². The molecule has 0 aromatic heterocycles. The Morgan fingerprint density at radius 3 is 2.69 bits per heavy atom. The van der Waals surface area contributed by atoms with E-state index in [4.69, 9.17) is 5.11 Å². The number of nitrogens with one attached hydrogen (secondary N) is 1. The molecule has 0 fully saturated rings. The highest BCUT2D eigenvalue weighted by molar-refractivity contribution is 14.1. The summed E-state index contributed by atoms with van der Waals surface area (Å²) in [6.07, 6.45) is 0. The molecule has 0 amide bonds. The second-order valence-electron chi connectivity index (χ2n) is 2.61. The van der Waals surface area contributed by atoms with Crippen molar-refractivity contribution >= 4 is 34.2 Å². The van der Waals surface area contributed by atoms with E-state index in [9.17, 15) is 4.79 Å². The van der Waals surface area contributed by atoms with Crippen molar-refractivity contribution in [3.8, 4) is 0 Å². The molecule has 3 nitrogen and oxygen atoms in total. The summed E-state index contributed by atoms with van der Waals surface area (Å²) in [7, 11) is 0. The summed E-state index contributed by atoms with van der Waals surface area (Å²) in [4.78, 5) is 10.8. The molecule has 1 unspecified atom stereocenters. The van der Waals surface area contributed by atoms with Crippen LogP contribution in [0.3, 0.4) is 0 Å². The van der Waals surface area contributed by atoms with Crippen molar-refractivity contribution in [2.75, 3.05) is 5.32 Å². The van der Waals surface area contributed by atoms with Crippen molar-refractivity contribution < 1.29 is 9.90 Å². The maximum Gasteiger partial charge on any atom is 0.337 e. The standard InChI is InChI=1S/C9H10INO2/c1-6(10)11-8-5-3-2-4-7(8)9(12)13/h2-6,11H,1H3,(H,12,13). The number of hydrogen-bond acceptors (Lipinski definition) is 2. The van der Waals surface area contributed by atoms with Crippen LogP contribution >= 0.6 is 22.6 Å². The summed E-state index contributed by atoms with van der Waals surface area (Å²) in [6.45, 7) is 1.96. The Bertz CT molecular complexity index is 312. The van der Waals surface area contributed by atoms with Crippen molar-refractivity contribution in [1.82, 2.24) is 0 Å². The molecular formula is C9H10INO2. The Labute approximate surface area is 90.3 Å². The van der Waals surface area contributed by atoms with Gasteiger partial charge in [0.2, 0.25) is 0 Å². The minimum atomic E-state index is -0.903. The van der Waals surface area contributed by atoms with Crippen LogP contribution in [0.25, 0.3) is 0 Å². The van der Waals surface area contributed by atoms with E-state index in [2.05, 4.69) is 27.9 Å². The number of carbonyl (C=O) groups is 1. The molecule has 1 aromatic carbocycles. The number of rotatable bonds is 3. The Morgan fingerprint density at radius 1 is 1.54 bits per heavy atom. The molecule has 0 radical (unpaired) electrons. The third-order valence-electron chi connectivity index (χ3n) is 1.51. The number of benzene rings is 1. The predicted molar refractivity (Wildman–Crippen MR) is 60.5 cm³/mol. The molecule has 0 aliphatic heterocycles. The first-order valence-corrected chi connectivity index (χ1v) is 5.08. The first kappa shape index (κ1) is 10.3. The van der Waals surface area contributed by atoms with Gasteiger partial charge in [0, 0.05) is 5.69 Å². The van der Waals surface area contributed by atoms with Crippen molar-refractivity contribution in [3.63, 3.8) is 0 Å². The third kappa shape index (κ3) is 2.87. The lowest BCUT2D eigenvalue weighted by Crippen LogP contribution is -2.10. The number of para-hydroxylation sites is 1. The van der Waals surface area contributed by atoms with Gasteiger partial charge in [0.25, 0.3) is 0 Å². The number of halogens is 1. The predicted octanol–water partition coefficient (Wildman–Crippen LogP) is 2.58. The van der Waals surface area contributed by atoms with Crippen LogP contribution in [-0.4, -0.2) is 15.1 Å². The lowest BCUT2D eigenvalue weighted by Gasteiger charge is -2.10. The van der Waals surface area contributed by atoms with Crippen LogP contribution in [0.1, 0.15) is 17.3 Å². The van der Waals surface area contributed by atoms with E-state index in [0.29, 0.717) is 11.3 Å². The average molecular weight is 291 g/mol. The summed E-state index contributed by atoms with van der Waals surface area (Å²) in [6, 6.07) is 6.88. The molecule has 0 saturated heterocycles. The highest BCUT2D eigenvalue weighted by atomic mass is 127. The quantitative estimate of drug-likeness (QED) is 0.511. The summed E-state index contributed by atoms with van der Waals surface area (Å²) < 4.78 is 0.207. The van der Waals surface area contributed by atoms with E-state index < -0.39 is 5.97 Å². The fourth-order valence-electron chi connectivity index (χ4n) is 1.01. The third-order valence-corrected chi connectivity index (χ3v) is 1.82. The first-order valence-electron chi connectivity index (χ1n) is 3.84. The highest BCUT2D eigenvalue weighted by Crippen LogP contribution is 2.17. The SMILES string of the molecule is CC(I)Nc1ccccc1C(=O)O. The van der Waals surface area contributed by atoms with Gasteiger partial charge in [0.1, 0.15) is 0 Å². The summed E-state index contributed by atoms with van der Waals surface area (Å²) in [5.41, 5.74) is 0.975. The number of alkyl halides is 1. The van der Waals surface area contributed by atoms with Gasteiger partial charge in [-0.25, -0.2) is 4.79 Å². The molecule has 0 spiro atoms. The zero-order chi connectivity index (χ0) is 9.84. The normalized spacial score (nSPS) is 12.2. The number of hydrogen-bond donors (Lipinski definition) is 2. The zero-order valence-corrected chi connectivity index (χ0v) is 9.28. The molecule has 0 aliphatic carbocycles. The molecule has 0 aliphatic rings. The summed E-state index contributed by atoms with van der Waals surface area (Å²) in [5.74, 6) is -0.903. The van der Waals surface area contributed by atoms with E-state index in [0.717, 1.165) is 0 Å². The minimum absolute atomic E-state index is 0.207. The molecule has 13 heavy (non-hydrogen) atoms. The van der Waals surface area contributed by atoms with Gasteiger partial charge in [-0.1, -0.05) is 34.7 Å². The Hall–Kier alpha value is -0.780. The lowest BCUT2D eigenvalue weighted by molar-refractivity contribution is 0.0698. The topological polar surface area (TPSA) is 49.3 Å². The molecule has 70 valence electrons. The number of carboxylic acid groups (broad SMARTS) is 1. The number of aromatic carboxylic acids is 1. The van der Waals surface area contributed by atoms with Crippen LogP contribution in [0.5, 0.6) is 0 Å². The van der Waals surface area contributed by atoms with Gasteiger partial charge in [-0.2, -0.15) is 0 Å². The first-order chi connectivity index (χ1) is 6.11. The van der Waals surface area contributed by atoms with Crippen LogP contribution in [0.15, 0.2) is 24.3 Å². The Morgan fingerprint density at radius 2 is 2.15 bits per heavy atom. The molecule has 4 heteroatoms. The smallest absolute Gasteiger partial charge is 0.337 e. The second-order valence-corrected chi connectivity index (χ2v) is 4.48. The van der Waals surface area contributed by atoms with E-state index in [-0.39, 0.29) is 4.05 Å². The van der Waals surface area contributed by atoms with Crippen molar-refractivity contribution in [1.29, 1.82) is 0 Å². The largest absolute Gasteiger partial charge is 0.478 e. The van der Waals surface area contributed by atoms with Crippen molar-refractivity contribution in [2.45, 2.75) is 11.0 Å². The van der Waals surface area contributed by atoms with Gasteiger partial charge in [-0.05, 0) is 19.1 Å². The van der Waals surface area contributed by atoms with Gasteiger partial charge < -0.3 is 10.4 Å². The maximum absolute atomic E-state index is 10.8. The van der Waals surface area contributed by atoms with Gasteiger partial charge in [-0.15, -0.1) is 0 Å². The fourth-order valence-corrected chi connectivity index (χ4v) is 1.35. The lowest BCUT2D eigenvalue weighted by atomic mass is 10.2. The molecule has 1 atom stereocenters. The van der Waals surface area contributed by atoms with Crippen molar-refractivity contribution in [3.05, 3.63) is 29.8 Å². The van der Waals surface area contributed by atoms with E-state index >= 15 is 0 Å². The van der Waals surface area contributed by atoms with Crippen LogP contribution in [0, 0.1) is 0 Å². The van der Waals surface area contributed by atoms with Gasteiger partial charge in [0.15, 0.2) is 0 Å². The zero-order valence-electron chi connectivity index (χ0n) is 7.12. The Kier molecular flexibility index (Phi) is 3.53. The number of carboxylic acids is 1. The van der Waals surface area contributed by atoms with Crippen LogP contribution in [0.2, 0.25) is 0 Å². The monoisotopic (exact) mass is 291 g/mol. The van der Waals surface area contributed by atoms with Crippen LogP contribution < -0.4 is 5.32 Å². The van der Waals surface area contributed by atoms with Crippen molar-refractivity contribution in [2.24, 2.45) is 0 Å². The molecule has 1 aromatic rings. The maximum atomic E-state index is 10.8. The fraction of sp³-hybridized carbons (Fsp3) is 0.222. The molecule has 0 heterocycles. The molecule has 2 N–H and O–H groups in total. The summed E-state index contributed by atoms with van der Waals surface area (Å²) in [5, 5.41) is 11.9.